The third-order valence-electron chi connectivity index (χ3n) is 3.65. The van der Waals surface area contributed by atoms with Crippen molar-refractivity contribution in [3.05, 3.63) is 52.9 Å². The lowest BCUT2D eigenvalue weighted by atomic mass is 9.88. The van der Waals surface area contributed by atoms with Gasteiger partial charge < -0.3 is 5.73 Å². The lowest BCUT2D eigenvalue weighted by molar-refractivity contribution is 0.455. The molecule has 0 bridgehead atoms. The van der Waals surface area contributed by atoms with Crippen LogP contribution < -0.4 is 5.73 Å². The molecule has 0 aliphatic heterocycles. The number of nitrogens with two attached hydrogens (primary N) is 1. The van der Waals surface area contributed by atoms with Gasteiger partial charge in [0.25, 0.3) is 0 Å². The monoisotopic (exact) mass is 293 g/mol. The van der Waals surface area contributed by atoms with Crippen molar-refractivity contribution < 1.29 is 8.78 Å². The quantitative estimate of drug-likeness (QED) is 0.920. The van der Waals surface area contributed by atoms with Gasteiger partial charge in [0.1, 0.15) is 11.6 Å². The molecule has 1 heterocycles. The van der Waals surface area contributed by atoms with Gasteiger partial charge in [0.05, 0.1) is 5.69 Å². The number of nitrogens with zero attached hydrogens (tertiary/aromatic N) is 2. The van der Waals surface area contributed by atoms with Crippen LogP contribution in [0.25, 0.3) is 0 Å². The molecule has 0 saturated carbocycles. The van der Waals surface area contributed by atoms with Gasteiger partial charge in [0.15, 0.2) is 0 Å². The Morgan fingerprint density at radius 1 is 1.14 bits per heavy atom. The zero-order valence-corrected chi connectivity index (χ0v) is 12.7. The first-order valence-corrected chi connectivity index (χ1v) is 7.16. The molecular weight excluding hydrogens is 272 g/mol. The Labute approximate surface area is 123 Å². The first-order chi connectivity index (χ1) is 9.85. The topological polar surface area (TPSA) is 43.8 Å². The molecule has 1 aromatic carbocycles. The summed E-state index contributed by atoms with van der Waals surface area (Å²) >= 11 is 0. The Morgan fingerprint density at radius 3 is 2.29 bits per heavy atom. The molecule has 0 saturated heterocycles. The van der Waals surface area contributed by atoms with Crippen molar-refractivity contribution >= 4 is 0 Å². The highest BCUT2D eigenvalue weighted by Gasteiger charge is 2.25. The molecular formula is C16H21F2N3. The number of hydrogen-bond donors (Lipinski definition) is 1. The molecule has 0 aliphatic carbocycles. The summed E-state index contributed by atoms with van der Waals surface area (Å²) in [6.45, 7) is 6.56. The molecule has 0 fully saturated rings. The van der Waals surface area contributed by atoms with Crippen molar-refractivity contribution in [2.75, 3.05) is 0 Å². The van der Waals surface area contributed by atoms with E-state index < -0.39 is 17.2 Å². The van der Waals surface area contributed by atoms with Crippen LogP contribution in [0.1, 0.15) is 37.7 Å². The van der Waals surface area contributed by atoms with Crippen LogP contribution >= 0.6 is 0 Å². The predicted molar refractivity (Wildman–Crippen MR) is 78.9 cm³/mol. The average Bonchev–Trinajstić information content (AvgIpc) is 2.79. The fraction of sp³-hybridized carbons (Fsp3) is 0.438. The highest BCUT2D eigenvalue weighted by Crippen LogP contribution is 2.25. The number of aryl methyl sites for hydroxylation is 2. The summed E-state index contributed by atoms with van der Waals surface area (Å²) in [7, 11) is 0. The van der Waals surface area contributed by atoms with E-state index in [1.807, 2.05) is 24.6 Å². The summed E-state index contributed by atoms with van der Waals surface area (Å²) in [5.41, 5.74) is 7.86. The third-order valence-corrected chi connectivity index (χ3v) is 3.65. The van der Waals surface area contributed by atoms with Crippen molar-refractivity contribution in [3.8, 4) is 0 Å². The van der Waals surface area contributed by atoms with Crippen LogP contribution in [0.2, 0.25) is 0 Å². The second kappa shape index (κ2) is 5.93. The molecule has 0 amide bonds. The van der Waals surface area contributed by atoms with E-state index in [1.165, 1.54) is 12.1 Å². The largest absolute Gasteiger partial charge is 0.321 e. The molecule has 0 aliphatic rings. The zero-order valence-electron chi connectivity index (χ0n) is 12.7. The second-order valence-electron chi connectivity index (χ2n) is 5.55. The molecule has 1 atom stereocenters. The highest BCUT2D eigenvalue weighted by atomic mass is 19.1. The number of halogens is 2. The Hall–Kier alpha value is -1.75. The van der Waals surface area contributed by atoms with Gasteiger partial charge in [-0.3, -0.25) is 4.68 Å². The first kappa shape index (κ1) is 15.6. The Morgan fingerprint density at radius 2 is 1.76 bits per heavy atom. The first-order valence-electron chi connectivity index (χ1n) is 7.16. The molecule has 5 heteroatoms. The van der Waals surface area contributed by atoms with Gasteiger partial charge in [-0.25, -0.2) is 8.78 Å². The Bertz CT molecular complexity index is 612. The van der Waals surface area contributed by atoms with Crippen LogP contribution in [0.15, 0.2) is 24.3 Å². The number of hydrogen-bond acceptors (Lipinski definition) is 2. The summed E-state index contributed by atoms with van der Waals surface area (Å²) in [4.78, 5) is 0. The van der Waals surface area contributed by atoms with E-state index in [4.69, 9.17) is 5.73 Å². The minimum atomic E-state index is -0.860. The lowest BCUT2D eigenvalue weighted by Crippen LogP contribution is -2.36. The van der Waals surface area contributed by atoms with Crippen LogP contribution in [-0.4, -0.2) is 9.78 Å². The third kappa shape index (κ3) is 3.47. The van der Waals surface area contributed by atoms with Crippen molar-refractivity contribution in [1.29, 1.82) is 0 Å². The van der Waals surface area contributed by atoms with Gasteiger partial charge in [-0.15, -0.1) is 0 Å². The summed E-state index contributed by atoms with van der Waals surface area (Å²) < 4.78 is 28.7. The predicted octanol–water partition coefficient (Wildman–Crippen LogP) is 3.16. The van der Waals surface area contributed by atoms with Gasteiger partial charge >= 0.3 is 0 Å². The molecule has 1 aromatic heterocycles. The fourth-order valence-corrected chi connectivity index (χ4v) is 2.47. The minimum absolute atomic E-state index is 0.446. The van der Waals surface area contributed by atoms with Crippen LogP contribution in [0.5, 0.6) is 0 Å². The normalized spacial score (nSPS) is 14.2. The fourth-order valence-electron chi connectivity index (χ4n) is 2.47. The van der Waals surface area contributed by atoms with Crippen LogP contribution in [0.4, 0.5) is 8.78 Å². The van der Waals surface area contributed by atoms with Crippen molar-refractivity contribution in [1.82, 2.24) is 9.78 Å². The van der Waals surface area contributed by atoms with E-state index >= 15 is 0 Å². The summed E-state index contributed by atoms with van der Waals surface area (Å²) in [5, 5.41) is 4.47. The maximum atomic E-state index is 13.4. The Balaban J connectivity index is 2.34. The number of benzene rings is 1. The average molecular weight is 293 g/mol. The maximum Gasteiger partial charge on any atom is 0.126 e. The molecule has 0 spiro atoms. The highest BCUT2D eigenvalue weighted by molar-refractivity contribution is 5.27. The van der Waals surface area contributed by atoms with E-state index in [1.54, 1.807) is 6.92 Å². The van der Waals surface area contributed by atoms with Gasteiger partial charge in [-0.2, -0.15) is 5.10 Å². The van der Waals surface area contributed by atoms with Crippen molar-refractivity contribution in [2.24, 2.45) is 5.73 Å². The summed E-state index contributed by atoms with van der Waals surface area (Å²) in [6.07, 6.45) is 1.31. The molecule has 3 nitrogen and oxygen atoms in total. The van der Waals surface area contributed by atoms with Crippen LogP contribution in [-0.2, 0) is 24.9 Å². The minimum Gasteiger partial charge on any atom is -0.321 e. The Kier molecular flexibility index (Phi) is 4.42. The standard InChI is InChI=1S/C16H21F2N3/c1-4-14-9-15(21(5-2)20-14)10-16(3,19)11-6-12(17)8-13(18)7-11/h6-9H,4-5,10,19H2,1-3H3. The van der Waals surface area contributed by atoms with E-state index in [0.717, 1.165) is 30.4 Å². The van der Waals surface area contributed by atoms with Gasteiger partial charge in [-0.1, -0.05) is 6.92 Å². The molecule has 21 heavy (non-hydrogen) atoms. The van der Waals surface area contributed by atoms with Crippen LogP contribution in [0.3, 0.4) is 0 Å². The van der Waals surface area contributed by atoms with Gasteiger partial charge in [-0.05, 0) is 44.0 Å². The molecule has 2 N–H and O–H groups in total. The van der Waals surface area contributed by atoms with Crippen molar-refractivity contribution in [3.63, 3.8) is 0 Å². The van der Waals surface area contributed by atoms with Crippen LogP contribution in [0, 0.1) is 11.6 Å². The van der Waals surface area contributed by atoms with Gasteiger partial charge in [0.2, 0.25) is 0 Å². The second-order valence-corrected chi connectivity index (χ2v) is 5.55. The van der Waals surface area contributed by atoms with Crippen molar-refractivity contribution in [2.45, 2.75) is 45.7 Å². The van der Waals surface area contributed by atoms with E-state index in [-0.39, 0.29) is 0 Å². The summed E-state index contributed by atoms with van der Waals surface area (Å²) in [6, 6.07) is 5.43. The number of rotatable bonds is 5. The number of aromatic nitrogens is 2. The molecule has 2 rings (SSSR count). The molecule has 1 unspecified atom stereocenters. The SMILES string of the molecule is CCc1cc(CC(C)(N)c2cc(F)cc(F)c2)n(CC)n1. The molecule has 2 aromatic rings. The molecule has 0 radical (unpaired) electrons. The maximum absolute atomic E-state index is 13.4. The van der Waals surface area contributed by atoms with E-state index in [2.05, 4.69) is 5.10 Å². The van der Waals surface area contributed by atoms with E-state index in [9.17, 15) is 8.78 Å². The summed E-state index contributed by atoms with van der Waals surface area (Å²) in [5.74, 6) is -1.22. The molecule has 114 valence electrons. The zero-order chi connectivity index (χ0) is 15.6. The smallest absolute Gasteiger partial charge is 0.126 e. The van der Waals surface area contributed by atoms with E-state index in [0.29, 0.717) is 12.0 Å². The van der Waals surface area contributed by atoms with Gasteiger partial charge in [0, 0.05) is 30.3 Å². The lowest BCUT2D eigenvalue weighted by Gasteiger charge is -2.25.